The van der Waals surface area contributed by atoms with Gasteiger partial charge >= 0.3 is 0 Å². The first-order valence-corrected chi connectivity index (χ1v) is 9.95. The molecule has 1 amide bonds. The van der Waals surface area contributed by atoms with Crippen LogP contribution in [0.25, 0.3) is 16.6 Å². The minimum atomic E-state index is -0.286. The van der Waals surface area contributed by atoms with Crippen LogP contribution in [0, 0.1) is 5.82 Å². The minimum Gasteiger partial charge on any atom is -0.325 e. The van der Waals surface area contributed by atoms with Crippen molar-refractivity contribution in [1.82, 2.24) is 9.78 Å². The summed E-state index contributed by atoms with van der Waals surface area (Å²) >= 11 is 0. The summed E-state index contributed by atoms with van der Waals surface area (Å²) in [5.74, 6) is -0.250. The molecule has 0 bridgehead atoms. The molecule has 5 nitrogen and oxygen atoms in total. The van der Waals surface area contributed by atoms with Crippen molar-refractivity contribution in [2.45, 2.75) is 24.9 Å². The molecule has 0 unspecified atom stereocenters. The molecule has 5 rings (SSSR count). The Morgan fingerprint density at radius 2 is 1.73 bits per heavy atom. The molecule has 150 valence electrons. The van der Waals surface area contributed by atoms with Crippen molar-refractivity contribution in [3.63, 3.8) is 0 Å². The minimum absolute atomic E-state index is 0.0358. The number of carbonyl (C=O) groups is 1. The average molecular weight is 400 g/mol. The lowest BCUT2D eigenvalue weighted by molar-refractivity contribution is -0.117. The SMILES string of the molecule is N[C@H]1CC(=O)N(c2ccc3c(cnn3-c3ccc(F)cc3)c2)[C@@H]1Cc1ccccc1. The Morgan fingerprint density at radius 3 is 2.50 bits per heavy atom. The second-order valence-electron chi connectivity index (χ2n) is 7.66. The van der Waals surface area contributed by atoms with Gasteiger partial charge in [0.25, 0.3) is 0 Å². The fourth-order valence-corrected chi connectivity index (χ4v) is 4.20. The number of rotatable bonds is 4. The monoisotopic (exact) mass is 400 g/mol. The van der Waals surface area contributed by atoms with Crippen LogP contribution in [0.5, 0.6) is 0 Å². The van der Waals surface area contributed by atoms with E-state index in [1.807, 2.05) is 41.3 Å². The van der Waals surface area contributed by atoms with Crippen LogP contribution in [-0.4, -0.2) is 27.8 Å². The van der Waals surface area contributed by atoms with E-state index in [2.05, 4.69) is 17.2 Å². The summed E-state index contributed by atoms with van der Waals surface area (Å²) in [6.45, 7) is 0. The van der Waals surface area contributed by atoms with E-state index in [0.29, 0.717) is 12.8 Å². The molecular formula is C24H21FN4O. The Morgan fingerprint density at radius 1 is 1.00 bits per heavy atom. The predicted octanol–water partition coefficient (Wildman–Crippen LogP) is 3.84. The third-order valence-corrected chi connectivity index (χ3v) is 5.69. The number of fused-ring (bicyclic) bond motifs is 1. The summed E-state index contributed by atoms with van der Waals surface area (Å²) in [4.78, 5) is 14.6. The summed E-state index contributed by atoms with van der Waals surface area (Å²) in [5, 5.41) is 5.36. The highest BCUT2D eigenvalue weighted by Crippen LogP contribution is 2.31. The lowest BCUT2D eigenvalue weighted by Crippen LogP contribution is -2.42. The maximum Gasteiger partial charge on any atom is 0.228 e. The molecule has 2 N–H and O–H groups in total. The van der Waals surface area contributed by atoms with Gasteiger partial charge in [0, 0.05) is 23.5 Å². The van der Waals surface area contributed by atoms with Gasteiger partial charge in [-0.05, 0) is 54.4 Å². The van der Waals surface area contributed by atoms with Crippen molar-refractivity contribution in [3.8, 4) is 5.69 Å². The van der Waals surface area contributed by atoms with E-state index < -0.39 is 0 Å². The zero-order valence-electron chi connectivity index (χ0n) is 16.3. The smallest absolute Gasteiger partial charge is 0.228 e. The molecule has 2 heterocycles. The topological polar surface area (TPSA) is 64.2 Å². The number of nitrogens with two attached hydrogens (primary N) is 1. The lowest BCUT2D eigenvalue weighted by Gasteiger charge is -2.27. The molecule has 1 fully saturated rings. The molecular weight excluding hydrogens is 379 g/mol. The van der Waals surface area contributed by atoms with Gasteiger partial charge in [-0.3, -0.25) is 4.79 Å². The number of anilines is 1. The molecule has 1 aliphatic heterocycles. The number of hydrogen-bond donors (Lipinski definition) is 1. The highest BCUT2D eigenvalue weighted by atomic mass is 19.1. The summed E-state index contributed by atoms with van der Waals surface area (Å²) in [6, 6.07) is 21.8. The Bertz CT molecular complexity index is 1200. The summed E-state index contributed by atoms with van der Waals surface area (Å²) in [6.07, 6.45) is 2.81. The standard InChI is InChI=1S/C24H21FN4O/c25-18-6-8-19(9-7-18)29-22-11-10-20(13-17(22)15-27-29)28-23(21(26)14-24(28)30)12-16-4-2-1-3-5-16/h1-11,13,15,21,23H,12,14,26H2/t21-,23+/m0/s1. The lowest BCUT2D eigenvalue weighted by atomic mass is 10.0. The first-order valence-electron chi connectivity index (χ1n) is 9.95. The predicted molar refractivity (Wildman–Crippen MR) is 115 cm³/mol. The quantitative estimate of drug-likeness (QED) is 0.566. The molecule has 3 aromatic carbocycles. The van der Waals surface area contributed by atoms with Gasteiger partial charge in [-0.1, -0.05) is 30.3 Å². The van der Waals surface area contributed by atoms with Crippen molar-refractivity contribution in [3.05, 3.63) is 90.4 Å². The molecule has 0 aliphatic carbocycles. The number of halogens is 1. The van der Waals surface area contributed by atoms with Crippen molar-refractivity contribution in [1.29, 1.82) is 0 Å². The Hall–Kier alpha value is -3.51. The molecule has 0 radical (unpaired) electrons. The van der Waals surface area contributed by atoms with Crippen molar-refractivity contribution in [2.75, 3.05) is 4.90 Å². The zero-order chi connectivity index (χ0) is 20.7. The number of benzene rings is 3. The van der Waals surface area contributed by atoms with E-state index in [0.717, 1.165) is 27.8 Å². The Labute approximate surface area is 173 Å². The van der Waals surface area contributed by atoms with Crippen LogP contribution in [0.1, 0.15) is 12.0 Å². The summed E-state index contributed by atoms with van der Waals surface area (Å²) in [7, 11) is 0. The molecule has 30 heavy (non-hydrogen) atoms. The molecule has 1 aliphatic rings. The van der Waals surface area contributed by atoms with Gasteiger partial charge in [-0.15, -0.1) is 0 Å². The van der Waals surface area contributed by atoms with Gasteiger partial charge in [-0.2, -0.15) is 5.10 Å². The molecule has 6 heteroatoms. The van der Waals surface area contributed by atoms with Crippen LogP contribution in [-0.2, 0) is 11.2 Å². The third-order valence-electron chi connectivity index (χ3n) is 5.69. The Balaban J connectivity index is 1.50. The van der Waals surface area contributed by atoms with Gasteiger partial charge < -0.3 is 10.6 Å². The Kier molecular flexibility index (Phi) is 4.56. The third kappa shape index (κ3) is 3.25. The first-order chi connectivity index (χ1) is 14.6. The van der Waals surface area contributed by atoms with E-state index in [1.165, 1.54) is 12.1 Å². The molecule has 0 spiro atoms. The summed E-state index contributed by atoms with van der Waals surface area (Å²) < 4.78 is 15.0. The maximum absolute atomic E-state index is 13.3. The van der Waals surface area contributed by atoms with Crippen LogP contribution in [0.2, 0.25) is 0 Å². The largest absolute Gasteiger partial charge is 0.325 e. The highest BCUT2D eigenvalue weighted by molar-refractivity contribution is 5.99. The number of nitrogens with zero attached hydrogens (tertiary/aromatic N) is 3. The molecule has 1 saturated heterocycles. The normalized spacial score (nSPS) is 19.0. The second kappa shape index (κ2) is 7.39. The summed E-state index contributed by atoms with van der Waals surface area (Å²) in [5.41, 5.74) is 9.98. The van der Waals surface area contributed by atoms with E-state index in [4.69, 9.17) is 5.73 Å². The van der Waals surface area contributed by atoms with Crippen LogP contribution >= 0.6 is 0 Å². The van der Waals surface area contributed by atoms with Crippen LogP contribution in [0.4, 0.5) is 10.1 Å². The molecule has 1 aromatic heterocycles. The van der Waals surface area contributed by atoms with Crippen molar-refractivity contribution >= 4 is 22.5 Å². The van der Waals surface area contributed by atoms with Gasteiger partial charge in [0.1, 0.15) is 5.82 Å². The van der Waals surface area contributed by atoms with Gasteiger partial charge in [0.05, 0.1) is 23.4 Å². The fraction of sp³-hybridized carbons (Fsp3) is 0.167. The molecule has 2 atom stereocenters. The van der Waals surface area contributed by atoms with E-state index in [-0.39, 0.29) is 23.8 Å². The van der Waals surface area contributed by atoms with Crippen LogP contribution in [0.3, 0.4) is 0 Å². The van der Waals surface area contributed by atoms with Gasteiger partial charge in [-0.25, -0.2) is 9.07 Å². The number of carbonyl (C=O) groups excluding carboxylic acids is 1. The first kappa shape index (κ1) is 18.5. The average Bonchev–Trinajstić information content (AvgIpc) is 3.29. The van der Waals surface area contributed by atoms with Crippen molar-refractivity contribution < 1.29 is 9.18 Å². The fourth-order valence-electron chi connectivity index (χ4n) is 4.20. The number of amides is 1. The zero-order valence-corrected chi connectivity index (χ0v) is 16.3. The number of aromatic nitrogens is 2. The van der Waals surface area contributed by atoms with E-state index >= 15 is 0 Å². The van der Waals surface area contributed by atoms with E-state index in [9.17, 15) is 9.18 Å². The van der Waals surface area contributed by atoms with Gasteiger partial charge in [0.2, 0.25) is 5.91 Å². The number of hydrogen-bond acceptors (Lipinski definition) is 3. The van der Waals surface area contributed by atoms with E-state index in [1.54, 1.807) is 23.0 Å². The van der Waals surface area contributed by atoms with Crippen LogP contribution in [0.15, 0.2) is 79.0 Å². The molecule has 4 aromatic rings. The highest BCUT2D eigenvalue weighted by Gasteiger charge is 2.38. The van der Waals surface area contributed by atoms with Crippen molar-refractivity contribution in [2.24, 2.45) is 5.73 Å². The second-order valence-corrected chi connectivity index (χ2v) is 7.66. The maximum atomic E-state index is 13.3. The van der Waals surface area contributed by atoms with Gasteiger partial charge in [0.15, 0.2) is 0 Å². The molecule has 0 saturated carbocycles. The van der Waals surface area contributed by atoms with Crippen LogP contribution < -0.4 is 10.6 Å².